The van der Waals surface area contributed by atoms with Crippen molar-refractivity contribution in [2.75, 3.05) is 7.11 Å². The van der Waals surface area contributed by atoms with E-state index in [1.165, 1.54) is 18.7 Å². The second-order valence-electron chi connectivity index (χ2n) is 4.51. The van der Waals surface area contributed by atoms with Gasteiger partial charge in [0, 0.05) is 6.54 Å². The van der Waals surface area contributed by atoms with Crippen molar-refractivity contribution in [3.63, 3.8) is 0 Å². The summed E-state index contributed by atoms with van der Waals surface area (Å²) in [5, 5.41) is 3.60. The van der Waals surface area contributed by atoms with Gasteiger partial charge in [0.1, 0.15) is 11.4 Å². The van der Waals surface area contributed by atoms with Crippen LogP contribution in [0.5, 0.6) is 5.75 Å². The molecule has 2 rings (SSSR count). The Bertz CT molecular complexity index is 559. The van der Waals surface area contributed by atoms with Gasteiger partial charge in [-0.2, -0.15) is 18.3 Å². The van der Waals surface area contributed by atoms with Gasteiger partial charge in [0.2, 0.25) is 0 Å². The predicted molar refractivity (Wildman–Crippen MR) is 75.4 cm³/mol. The highest BCUT2D eigenvalue weighted by Crippen LogP contribution is 2.31. The van der Waals surface area contributed by atoms with Crippen LogP contribution in [-0.4, -0.2) is 16.9 Å². The van der Waals surface area contributed by atoms with Crippen LogP contribution in [0.25, 0.3) is 0 Å². The highest BCUT2D eigenvalue weighted by atomic mass is 19.4. The molecule has 0 unspecified atom stereocenters. The topological polar surface area (TPSA) is 27.1 Å². The average molecular weight is 300 g/mol. The van der Waals surface area contributed by atoms with Crippen LogP contribution in [0.15, 0.2) is 30.5 Å². The minimum Gasteiger partial charge on any atom is -0.497 e. The van der Waals surface area contributed by atoms with E-state index in [0.717, 1.165) is 10.4 Å². The summed E-state index contributed by atoms with van der Waals surface area (Å²) in [6.07, 6.45) is -3.07. The van der Waals surface area contributed by atoms with Gasteiger partial charge in [-0.1, -0.05) is 17.7 Å². The van der Waals surface area contributed by atoms with Gasteiger partial charge in [-0.3, -0.25) is 4.68 Å². The summed E-state index contributed by atoms with van der Waals surface area (Å²) in [6.45, 7) is 5.33. The Morgan fingerprint density at radius 1 is 1.14 bits per heavy atom. The second kappa shape index (κ2) is 7.15. The summed E-state index contributed by atoms with van der Waals surface area (Å²) < 4.78 is 42.7. The minimum absolute atomic E-state index is 0.171. The van der Waals surface area contributed by atoms with Crippen LogP contribution >= 0.6 is 0 Å². The number of rotatable bonds is 2. The molecule has 0 aliphatic rings. The Labute approximate surface area is 122 Å². The number of ether oxygens (including phenoxy) is 1. The summed E-state index contributed by atoms with van der Waals surface area (Å²) in [6, 6.07) is 7.96. The lowest BCUT2D eigenvalue weighted by atomic mass is 10.2. The van der Waals surface area contributed by atoms with Gasteiger partial charge in [-0.15, -0.1) is 0 Å². The zero-order valence-electron chi connectivity index (χ0n) is 12.5. The van der Waals surface area contributed by atoms with Crippen molar-refractivity contribution < 1.29 is 17.9 Å². The quantitative estimate of drug-likeness (QED) is 0.829. The largest absolute Gasteiger partial charge is 0.497 e. The fourth-order valence-electron chi connectivity index (χ4n) is 1.76. The third kappa shape index (κ3) is 4.81. The molecule has 21 heavy (non-hydrogen) atoms. The van der Waals surface area contributed by atoms with Crippen molar-refractivity contribution >= 4 is 0 Å². The molecule has 1 aromatic carbocycles. The van der Waals surface area contributed by atoms with Crippen LogP contribution in [0.4, 0.5) is 13.2 Å². The number of hydrogen-bond acceptors (Lipinski definition) is 2. The molecule has 3 nitrogen and oxygen atoms in total. The average Bonchev–Trinajstić information content (AvgIpc) is 2.81. The number of halogens is 3. The number of benzene rings is 1. The third-order valence-electron chi connectivity index (χ3n) is 2.85. The van der Waals surface area contributed by atoms with E-state index in [9.17, 15) is 13.2 Å². The molecule has 0 aliphatic carbocycles. The Morgan fingerprint density at radius 2 is 1.71 bits per heavy atom. The number of alkyl halides is 3. The van der Waals surface area contributed by atoms with Gasteiger partial charge < -0.3 is 4.74 Å². The number of aryl methyl sites for hydroxylation is 3. The molecule has 116 valence electrons. The maximum Gasteiger partial charge on any atom is 0.433 e. The number of methoxy groups -OCH3 is 1. The van der Waals surface area contributed by atoms with E-state index < -0.39 is 11.9 Å². The Kier molecular flexibility index (Phi) is 5.81. The Hall–Kier alpha value is -1.98. The summed E-state index contributed by atoms with van der Waals surface area (Å²) in [5.41, 5.74) is 0.783. The highest BCUT2D eigenvalue weighted by molar-refractivity contribution is 5.25. The van der Waals surface area contributed by atoms with Gasteiger partial charge in [-0.05, 0) is 38.5 Å². The SMILES string of the molecule is CCn1ncc(C)c1C(F)(F)F.COc1ccc(C)cc1. The molecule has 1 aromatic heterocycles. The van der Waals surface area contributed by atoms with Crippen molar-refractivity contribution in [1.82, 2.24) is 9.78 Å². The Balaban J connectivity index is 0.000000219. The molecule has 0 saturated carbocycles. The van der Waals surface area contributed by atoms with Crippen LogP contribution in [0.2, 0.25) is 0 Å². The molecule has 0 atom stereocenters. The zero-order chi connectivity index (χ0) is 16.0. The van der Waals surface area contributed by atoms with E-state index in [0.29, 0.717) is 0 Å². The maximum absolute atomic E-state index is 12.3. The predicted octanol–water partition coefficient (Wildman–Crippen LogP) is 4.23. The fourth-order valence-corrected chi connectivity index (χ4v) is 1.76. The summed E-state index contributed by atoms with van der Waals surface area (Å²) in [5.74, 6) is 0.917. The van der Waals surface area contributed by atoms with Gasteiger partial charge in [0.25, 0.3) is 0 Å². The van der Waals surface area contributed by atoms with Gasteiger partial charge in [0.15, 0.2) is 0 Å². The van der Waals surface area contributed by atoms with Crippen molar-refractivity contribution in [3.8, 4) is 5.75 Å². The Morgan fingerprint density at radius 3 is 2.10 bits per heavy atom. The number of aromatic nitrogens is 2. The summed E-state index contributed by atoms with van der Waals surface area (Å²) in [4.78, 5) is 0. The first-order valence-electron chi connectivity index (χ1n) is 6.49. The van der Waals surface area contributed by atoms with Crippen LogP contribution in [-0.2, 0) is 12.7 Å². The van der Waals surface area contributed by atoms with Crippen LogP contribution in [0, 0.1) is 13.8 Å². The van der Waals surface area contributed by atoms with E-state index in [1.54, 1.807) is 14.0 Å². The molecule has 0 fully saturated rings. The maximum atomic E-state index is 12.3. The number of nitrogens with zero attached hydrogens (tertiary/aromatic N) is 2. The minimum atomic E-state index is -4.30. The van der Waals surface area contributed by atoms with E-state index in [-0.39, 0.29) is 12.1 Å². The first kappa shape index (κ1) is 17.1. The normalized spacial score (nSPS) is 10.8. The summed E-state index contributed by atoms with van der Waals surface area (Å²) >= 11 is 0. The van der Waals surface area contributed by atoms with Gasteiger partial charge in [0.05, 0.1) is 13.3 Å². The van der Waals surface area contributed by atoms with Crippen LogP contribution in [0.1, 0.15) is 23.7 Å². The lowest BCUT2D eigenvalue weighted by Crippen LogP contribution is -2.14. The van der Waals surface area contributed by atoms with Crippen LogP contribution in [0.3, 0.4) is 0 Å². The molecule has 6 heteroatoms. The molecule has 0 spiro atoms. The molecule has 0 amide bonds. The molecule has 0 bridgehead atoms. The highest BCUT2D eigenvalue weighted by Gasteiger charge is 2.36. The molecule has 2 aromatic rings. The molecular formula is C15H19F3N2O. The molecule has 0 saturated heterocycles. The smallest absolute Gasteiger partial charge is 0.433 e. The van der Waals surface area contributed by atoms with E-state index in [1.807, 2.05) is 24.3 Å². The molecular weight excluding hydrogens is 281 g/mol. The van der Waals surface area contributed by atoms with Gasteiger partial charge in [-0.25, -0.2) is 0 Å². The van der Waals surface area contributed by atoms with E-state index >= 15 is 0 Å². The molecule has 0 N–H and O–H groups in total. The summed E-state index contributed by atoms with van der Waals surface area (Å²) in [7, 11) is 1.67. The molecule has 1 heterocycles. The van der Waals surface area contributed by atoms with Crippen molar-refractivity contribution in [2.24, 2.45) is 0 Å². The molecule has 0 radical (unpaired) electrons. The van der Waals surface area contributed by atoms with Crippen molar-refractivity contribution in [3.05, 3.63) is 47.3 Å². The van der Waals surface area contributed by atoms with E-state index in [2.05, 4.69) is 12.0 Å². The third-order valence-corrected chi connectivity index (χ3v) is 2.85. The number of hydrogen-bond donors (Lipinski definition) is 0. The second-order valence-corrected chi connectivity index (χ2v) is 4.51. The zero-order valence-corrected chi connectivity index (χ0v) is 12.5. The lowest BCUT2D eigenvalue weighted by molar-refractivity contribution is -0.144. The van der Waals surface area contributed by atoms with Crippen molar-refractivity contribution in [2.45, 2.75) is 33.5 Å². The molecule has 0 aliphatic heterocycles. The van der Waals surface area contributed by atoms with E-state index in [4.69, 9.17) is 4.74 Å². The fraction of sp³-hybridized carbons (Fsp3) is 0.400. The first-order chi connectivity index (χ1) is 9.79. The monoisotopic (exact) mass is 300 g/mol. The van der Waals surface area contributed by atoms with Crippen LogP contribution < -0.4 is 4.74 Å². The van der Waals surface area contributed by atoms with Crippen molar-refractivity contribution in [1.29, 1.82) is 0 Å². The lowest BCUT2D eigenvalue weighted by Gasteiger charge is -2.09. The first-order valence-corrected chi connectivity index (χ1v) is 6.49. The standard InChI is InChI=1S/C8H10O.C7H9F3N2/c1-7-3-5-8(9-2)6-4-7;1-3-12-6(7(8,9)10)5(2)4-11-12/h3-6H,1-2H3;4H,3H2,1-2H3. The van der Waals surface area contributed by atoms with Gasteiger partial charge >= 0.3 is 6.18 Å².